The van der Waals surface area contributed by atoms with Crippen molar-refractivity contribution < 1.29 is 4.74 Å². The average Bonchev–Trinajstić information content (AvgIpc) is 3.22. The van der Waals surface area contributed by atoms with E-state index in [0.29, 0.717) is 12.5 Å². The first-order valence-electron chi connectivity index (χ1n) is 11.7. The number of hydrogen-bond donors (Lipinski definition) is 1. The van der Waals surface area contributed by atoms with Crippen LogP contribution < -0.4 is 5.32 Å². The zero-order chi connectivity index (χ0) is 20.3. The Balaban J connectivity index is 1.41. The molecule has 0 radical (unpaired) electrons. The SMILES string of the molecule is CCCN1CCC(CN=C(NCC)N2CCC(COCc3ccccc3)C2)CC1. The predicted octanol–water partition coefficient (Wildman–Crippen LogP) is 3.61. The molecule has 0 aliphatic carbocycles. The number of nitrogens with zero attached hydrogens (tertiary/aromatic N) is 3. The van der Waals surface area contributed by atoms with Crippen molar-refractivity contribution in [1.29, 1.82) is 0 Å². The average molecular weight is 401 g/mol. The summed E-state index contributed by atoms with van der Waals surface area (Å²) in [5.74, 6) is 2.44. The van der Waals surface area contributed by atoms with Gasteiger partial charge in [0, 0.05) is 32.1 Å². The van der Waals surface area contributed by atoms with Crippen LogP contribution in [0.4, 0.5) is 0 Å². The third kappa shape index (κ3) is 7.31. The molecule has 2 aliphatic heterocycles. The maximum atomic E-state index is 5.99. The fourth-order valence-corrected chi connectivity index (χ4v) is 4.43. The van der Waals surface area contributed by atoms with E-state index in [1.54, 1.807) is 0 Å². The zero-order valence-electron chi connectivity index (χ0n) is 18.5. The molecule has 0 amide bonds. The minimum atomic E-state index is 0.597. The van der Waals surface area contributed by atoms with E-state index in [1.807, 2.05) is 0 Å². The maximum Gasteiger partial charge on any atom is 0.193 e. The number of hydrogen-bond acceptors (Lipinski definition) is 3. The molecule has 29 heavy (non-hydrogen) atoms. The second-order valence-corrected chi connectivity index (χ2v) is 8.58. The quantitative estimate of drug-likeness (QED) is 0.508. The topological polar surface area (TPSA) is 40.1 Å². The molecule has 0 saturated carbocycles. The number of guanidine groups is 1. The van der Waals surface area contributed by atoms with Crippen molar-refractivity contribution in [2.75, 3.05) is 52.4 Å². The molecule has 162 valence electrons. The summed E-state index contributed by atoms with van der Waals surface area (Å²) in [7, 11) is 0. The van der Waals surface area contributed by atoms with Crippen molar-refractivity contribution in [3.05, 3.63) is 35.9 Å². The number of ether oxygens (including phenoxy) is 1. The molecule has 1 unspecified atom stereocenters. The van der Waals surface area contributed by atoms with Crippen LogP contribution in [0.3, 0.4) is 0 Å². The van der Waals surface area contributed by atoms with Gasteiger partial charge in [0.15, 0.2) is 5.96 Å². The Morgan fingerprint density at radius 3 is 2.55 bits per heavy atom. The molecule has 2 heterocycles. The lowest BCUT2D eigenvalue weighted by Crippen LogP contribution is -2.41. The molecule has 1 aromatic carbocycles. The minimum Gasteiger partial charge on any atom is -0.376 e. The molecule has 0 bridgehead atoms. The van der Waals surface area contributed by atoms with Gasteiger partial charge in [-0.1, -0.05) is 37.3 Å². The lowest BCUT2D eigenvalue weighted by Gasteiger charge is -2.31. The fraction of sp³-hybridized carbons (Fsp3) is 0.708. The van der Waals surface area contributed by atoms with E-state index >= 15 is 0 Å². The predicted molar refractivity (Wildman–Crippen MR) is 121 cm³/mol. The van der Waals surface area contributed by atoms with E-state index in [-0.39, 0.29) is 0 Å². The maximum absolute atomic E-state index is 5.99. The highest BCUT2D eigenvalue weighted by molar-refractivity contribution is 5.80. The van der Waals surface area contributed by atoms with Crippen molar-refractivity contribution >= 4 is 5.96 Å². The van der Waals surface area contributed by atoms with E-state index in [9.17, 15) is 0 Å². The van der Waals surface area contributed by atoms with Crippen LogP contribution in [0.15, 0.2) is 35.3 Å². The van der Waals surface area contributed by atoms with Gasteiger partial charge in [0.2, 0.25) is 0 Å². The molecule has 3 rings (SSSR count). The number of piperidine rings is 1. The summed E-state index contributed by atoms with van der Waals surface area (Å²) in [5, 5.41) is 3.52. The Morgan fingerprint density at radius 1 is 1.07 bits per heavy atom. The third-order valence-corrected chi connectivity index (χ3v) is 6.13. The van der Waals surface area contributed by atoms with Crippen molar-refractivity contribution in [3.8, 4) is 0 Å². The lowest BCUT2D eigenvalue weighted by molar-refractivity contribution is 0.0906. The zero-order valence-corrected chi connectivity index (χ0v) is 18.5. The van der Waals surface area contributed by atoms with Gasteiger partial charge in [-0.3, -0.25) is 4.99 Å². The van der Waals surface area contributed by atoms with Gasteiger partial charge in [-0.2, -0.15) is 0 Å². The van der Waals surface area contributed by atoms with Gasteiger partial charge in [-0.25, -0.2) is 0 Å². The first-order chi connectivity index (χ1) is 14.3. The number of likely N-dealkylation sites (tertiary alicyclic amines) is 2. The van der Waals surface area contributed by atoms with Crippen LogP contribution in [0.25, 0.3) is 0 Å². The summed E-state index contributed by atoms with van der Waals surface area (Å²) >= 11 is 0. The Morgan fingerprint density at radius 2 is 1.83 bits per heavy atom. The van der Waals surface area contributed by atoms with Crippen molar-refractivity contribution in [3.63, 3.8) is 0 Å². The van der Waals surface area contributed by atoms with Crippen LogP contribution in [-0.2, 0) is 11.3 Å². The lowest BCUT2D eigenvalue weighted by atomic mass is 9.97. The molecule has 5 heteroatoms. The van der Waals surface area contributed by atoms with Crippen molar-refractivity contribution in [1.82, 2.24) is 15.1 Å². The first kappa shape index (κ1) is 22.1. The van der Waals surface area contributed by atoms with Gasteiger partial charge in [-0.05, 0) is 63.7 Å². The molecule has 1 N–H and O–H groups in total. The number of rotatable bonds is 9. The van der Waals surface area contributed by atoms with Crippen LogP contribution in [0.2, 0.25) is 0 Å². The normalized spacial score (nSPS) is 21.7. The van der Waals surface area contributed by atoms with Crippen molar-refractivity contribution in [2.45, 2.75) is 46.1 Å². The Kier molecular flexibility index (Phi) is 9.29. The van der Waals surface area contributed by atoms with E-state index in [4.69, 9.17) is 9.73 Å². The van der Waals surface area contributed by atoms with Crippen LogP contribution in [0.5, 0.6) is 0 Å². The number of aliphatic imine (C=N–C) groups is 1. The van der Waals surface area contributed by atoms with Gasteiger partial charge in [0.05, 0.1) is 13.2 Å². The number of nitrogens with one attached hydrogen (secondary N) is 1. The summed E-state index contributed by atoms with van der Waals surface area (Å²) in [5.41, 5.74) is 1.25. The molecule has 0 aromatic heterocycles. The Labute approximate surface area is 177 Å². The summed E-state index contributed by atoms with van der Waals surface area (Å²) < 4.78 is 5.99. The molecular weight excluding hydrogens is 360 g/mol. The Hall–Kier alpha value is -1.59. The highest BCUT2D eigenvalue weighted by atomic mass is 16.5. The van der Waals surface area contributed by atoms with E-state index in [2.05, 4.69) is 59.3 Å². The van der Waals surface area contributed by atoms with Gasteiger partial charge in [0.25, 0.3) is 0 Å². The van der Waals surface area contributed by atoms with Crippen LogP contribution >= 0.6 is 0 Å². The van der Waals surface area contributed by atoms with Crippen LogP contribution in [-0.4, -0.2) is 68.2 Å². The van der Waals surface area contributed by atoms with Gasteiger partial charge >= 0.3 is 0 Å². The van der Waals surface area contributed by atoms with Crippen LogP contribution in [0.1, 0.15) is 45.1 Å². The molecule has 2 fully saturated rings. The highest BCUT2D eigenvalue weighted by Crippen LogP contribution is 2.20. The largest absolute Gasteiger partial charge is 0.376 e. The number of benzene rings is 1. The first-order valence-corrected chi connectivity index (χ1v) is 11.7. The van der Waals surface area contributed by atoms with Gasteiger partial charge in [-0.15, -0.1) is 0 Å². The fourth-order valence-electron chi connectivity index (χ4n) is 4.43. The summed E-state index contributed by atoms with van der Waals surface area (Å²) in [6.45, 7) is 13.8. The molecule has 1 aromatic rings. The summed E-state index contributed by atoms with van der Waals surface area (Å²) in [6.07, 6.45) is 5.03. The molecular formula is C24H40N4O. The highest BCUT2D eigenvalue weighted by Gasteiger charge is 2.25. The Bertz CT molecular complexity index is 598. The van der Waals surface area contributed by atoms with E-state index in [0.717, 1.165) is 44.7 Å². The smallest absolute Gasteiger partial charge is 0.193 e. The summed E-state index contributed by atoms with van der Waals surface area (Å²) in [4.78, 5) is 10.1. The molecule has 2 saturated heterocycles. The molecule has 5 nitrogen and oxygen atoms in total. The second kappa shape index (κ2) is 12.2. The van der Waals surface area contributed by atoms with Gasteiger partial charge < -0.3 is 19.9 Å². The monoisotopic (exact) mass is 400 g/mol. The van der Waals surface area contributed by atoms with E-state index in [1.165, 1.54) is 50.9 Å². The van der Waals surface area contributed by atoms with Crippen LogP contribution in [0, 0.1) is 11.8 Å². The van der Waals surface area contributed by atoms with Crippen molar-refractivity contribution in [2.24, 2.45) is 16.8 Å². The second-order valence-electron chi connectivity index (χ2n) is 8.58. The molecule has 0 spiro atoms. The standard InChI is InChI=1S/C24H40N4O/c1-3-13-27-14-10-21(11-15-27)17-26-24(25-4-2)28-16-12-23(18-28)20-29-19-22-8-6-5-7-9-22/h5-9,21,23H,3-4,10-20H2,1-2H3,(H,25,26). The minimum absolute atomic E-state index is 0.597. The molecule has 2 aliphatic rings. The van der Waals surface area contributed by atoms with E-state index < -0.39 is 0 Å². The van der Waals surface area contributed by atoms with Gasteiger partial charge in [0.1, 0.15) is 0 Å². The third-order valence-electron chi connectivity index (χ3n) is 6.13. The summed E-state index contributed by atoms with van der Waals surface area (Å²) in [6, 6.07) is 10.5. The molecule has 1 atom stereocenters.